The largest absolute Gasteiger partial charge is 0.389 e. The zero-order chi connectivity index (χ0) is 15.6. The Morgan fingerprint density at radius 3 is 2.90 bits per heavy atom. The normalized spacial score (nSPS) is 22.0. The Hall–Kier alpha value is -1.53. The number of ether oxygens (including phenoxy) is 1. The monoisotopic (exact) mass is 299 g/mol. The first-order valence-electron chi connectivity index (χ1n) is 6.81. The van der Waals surface area contributed by atoms with E-state index in [-0.39, 0.29) is 36.5 Å². The lowest BCUT2D eigenvalue weighted by Gasteiger charge is -2.20. The van der Waals surface area contributed by atoms with Crippen molar-refractivity contribution in [2.75, 3.05) is 27.3 Å². The molecule has 0 saturated heterocycles. The average molecular weight is 299 g/mol. The van der Waals surface area contributed by atoms with Crippen LogP contribution in [0.5, 0.6) is 0 Å². The predicted octanol–water partition coefficient (Wildman–Crippen LogP) is 1.53. The summed E-state index contributed by atoms with van der Waals surface area (Å²) in [6.07, 6.45) is -0.253. The fraction of sp³-hybridized carbons (Fsp3) is 0.533. The van der Waals surface area contributed by atoms with Gasteiger partial charge in [-0.15, -0.1) is 0 Å². The second-order valence-corrected chi connectivity index (χ2v) is 5.44. The van der Waals surface area contributed by atoms with E-state index in [2.05, 4.69) is 0 Å². The van der Waals surface area contributed by atoms with Crippen LogP contribution >= 0.6 is 0 Å². The maximum absolute atomic E-state index is 13.7. The molecule has 1 aliphatic rings. The van der Waals surface area contributed by atoms with Gasteiger partial charge in [0.25, 0.3) is 0 Å². The number of rotatable bonds is 6. The molecule has 0 unspecified atom stereocenters. The van der Waals surface area contributed by atoms with Gasteiger partial charge in [-0.1, -0.05) is 0 Å². The lowest BCUT2D eigenvalue weighted by atomic mass is 10.1. The molecule has 3 atom stereocenters. The molecule has 2 rings (SSSR count). The Kier molecular flexibility index (Phi) is 4.90. The predicted molar refractivity (Wildman–Crippen MR) is 72.7 cm³/mol. The maximum atomic E-state index is 13.7. The van der Waals surface area contributed by atoms with E-state index in [4.69, 9.17) is 4.74 Å². The molecule has 0 aromatic heterocycles. The fourth-order valence-electron chi connectivity index (χ4n) is 2.54. The van der Waals surface area contributed by atoms with Gasteiger partial charge in [0, 0.05) is 26.6 Å². The molecule has 0 heterocycles. The average Bonchev–Trinajstić information content (AvgIpc) is 3.21. The van der Waals surface area contributed by atoms with Crippen molar-refractivity contribution in [2.45, 2.75) is 18.4 Å². The number of carbonyl (C=O) groups excluding carboxylic acids is 1. The zero-order valence-corrected chi connectivity index (χ0v) is 12.1. The number of hydrogen-bond acceptors (Lipinski definition) is 3. The van der Waals surface area contributed by atoms with Crippen molar-refractivity contribution in [3.8, 4) is 0 Å². The molecule has 1 aromatic carbocycles. The van der Waals surface area contributed by atoms with E-state index >= 15 is 0 Å². The summed E-state index contributed by atoms with van der Waals surface area (Å²) < 4.78 is 31.6. The molecule has 1 aliphatic carbocycles. The van der Waals surface area contributed by atoms with Crippen LogP contribution in [0.25, 0.3) is 0 Å². The first kappa shape index (κ1) is 15.9. The van der Waals surface area contributed by atoms with E-state index in [1.165, 1.54) is 12.0 Å². The van der Waals surface area contributed by atoms with E-state index in [1.54, 1.807) is 7.05 Å². The van der Waals surface area contributed by atoms with E-state index in [0.29, 0.717) is 6.42 Å². The van der Waals surface area contributed by atoms with E-state index in [9.17, 15) is 18.7 Å². The summed E-state index contributed by atoms with van der Waals surface area (Å²) in [6, 6.07) is 3.29. The van der Waals surface area contributed by atoms with Crippen molar-refractivity contribution in [3.63, 3.8) is 0 Å². The highest BCUT2D eigenvalue weighted by Crippen LogP contribution is 2.49. The van der Waals surface area contributed by atoms with E-state index in [0.717, 1.165) is 18.2 Å². The minimum Gasteiger partial charge on any atom is -0.389 e. The molecule has 116 valence electrons. The number of hydrogen-bond donors (Lipinski definition) is 1. The number of halogens is 2. The highest BCUT2D eigenvalue weighted by Gasteiger charge is 2.46. The molecule has 21 heavy (non-hydrogen) atoms. The van der Waals surface area contributed by atoms with E-state index in [1.807, 2.05) is 0 Å². The van der Waals surface area contributed by atoms with Crippen LogP contribution in [-0.2, 0) is 9.53 Å². The Labute approximate surface area is 122 Å². The van der Waals surface area contributed by atoms with Crippen LogP contribution in [-0.4, -0.2) is 49.3 Å². The summed E-state index contributed by atoms with van der Waals surface area (Å²) in [4.78, 5) is 13.6. The van der Waals surface area contributed by atoms with Crippen LogP contribution in [0.4, 0.5) is 8.78 Å². The molecule has 1 saturated carbocycles. The quantitative estimate of drug-likeness (QED) is 0.867. The standard InChI is InChI=1S/C15H19F2NO3/c1-18(7-10(19)8-21-2)15(20)13-6-11(13)12-5-9(16)3-4-14(12)17/h3-5,10-11,13,19H,6-8H2,1-2H3/t10-,11-,13+/m1/s1. The summed E-state index contributed by atoms with van der Waals surface area (Å²) in [5.74, 6) is -1.79. The van der Waals surface area contributed by atoms with Crippen LogP contribution in [0.1, 0.15) is 17.9 Å². The number of likely N-dealkylation sites (N-methyl/N-ethyl adjacent to an activating group) is 1. The third-order valence-electron chi connectivity index (χ3n) is 3.69. The van der Waals surface area contributed by atoms with Crippen molar-refractivity contribution in [2.24, 2.45) is 5.92 Å². The summed E-state index contributed by atoms with van der Waals surface area (Å²) >= 11 is 0. The van der Waals surface area contributed by atoms with Crippen molar-refractivity contribution in [3.05, 3.63) is 35.4 Å². The molecule has 0 spiro atoms. The first-order valence-corrected chi connectivity index (χ1v) is 6.81. The highest BCUT2D eigenvalue weighted by atomic mass is 19.1. The molecule has 0 aliphatic heterocycles. The van der Waals surface area contributed by atoms with Gasteiger partial charge in [0.2, 0.25) is 5.91 Å². The summed E-state index contributed by atoms with van der Waals surface area (Å²) in [7, 11) is 3.05. The molecule has 6 heteroatoms. The Bertz CT molecular complexity index is 524. The third-order valence-corrected chi connectivity index (χ3v) is 3.69. The van der Waals surface area contributed by atoms with Crippen molar-refractivity contribution >= 4 is 5.91 Å². The van der Waals surface area contributed by atoms with Crippen LogP contribution in [0.2, 0.25) is 0 Å². The number of benzene rings is 1. The number of nitrogens with zero attached hydrogens (tertiary/aromatic N) is 1. The number of amides is 1. The van der Waals surface area contributed by atoms with Gasteiger partial charge in [-0.25, -0.2) is 8.78 Å². The summed E-state index contributed by atoms with van der Waals surface area (Å²) in [5.41, 5.74) is 0.249. The summed E-state index contributed by atoms with van der Waals surface area (Å²) in [5, 5.41) is 9.61. The molecular formula is C15H19F2NO3. The lowest BCUT2D eigenvalue weighted by molar-refractivity contribution is -0.133. The van der Waals surface area contributed by atoms with E-state index < -0.39 is 17.7 Å². The lowest BCUT2D eigenvalue weighted by Crippen LogP contribution is -2.37. The molecular weight excluding hydrogens is 280 g/mol. The maximum Gasteiger partial charge on any atom is 0.226 e. The topological polar surface area (TPSA) is 49.8 Å². The minimum atomic E-state index is -0.757. The number of aliphatic hydroxyl groups is 1. The smallest absolute Gasteiger partial charge is 0.226 e. The van der Waals surface area contributed by atoms with Crippen LogP contribution in [0, 0.1) is 17.6 Å². The SMILES string of the molecule is COC[C@H](O)CN(C)C(=O)[C@H]1C[C@@H]1c1cc(F)ccc1F. The molecule has 1 amide bonds. The number of carbonyl (C=O) groups is 1. The molecule has 4 nitrogen and oxygen atoms in total. The van der Waals surface area contributed by atoms with Gasteiger partial charge in [-0.2, -0.15) is 0 Å². The Morgan fingerprint density at radius 2 is 2.24 bits per heavy atom. The Balaban J connectivity index is 1.96. The van der Waals surface area contributed by atoms with Gasteiger partial charge >= 0.3 is 0 Å². The third kappa shape index (κ3) is 3.77. The second kappa shape index (κ2) is 6.49. The van der Waals surface area contributed by atoms with Gasteiger partial charge in [0.1, 0.15) is 11.6 Å². The van der Waals surface area contributed by atoms with Gasteiger partial charge in [-0.3, -0.25) is 4.79 Å². The van der Waals surface area contributed by atoms with Crippen LogP contribution < -0.4 is 0 Å². The molecule has 0 bridgehead atoms. The first-order chi connectivity index (χ1) is 9.93. The van der Waals surface area contributed by atoms with Crippen LogP contribution in [0.15, 0.2) is 18.2 Å². The zero-order valence-electron chi connectivity index (χ0n) is 12.1. The van der Waals surface area contributed by atoms with Crippen molar-refractivity contribution in [1.29, 1.82) is 0 Å². The molecule has 1 fully saturated rings. The highest BCUT2D eigenvalue weighted by molar-refractivity contribution is 5.82. The van der Waals surface area contributed by atoms with Crippen molar-refractivity contribution < 1.29 is 23.4 Å². The molecule has 0 radical (unpaired) electrons. The molecule has 1 N–H and O–H groups in total. The number of aliphatic hydroxyl groups excluding tert-OH is 1. The number of methoxy groups -OCH3 is 1. The second-order valence-electron chi connectivity index (χ2n) is 5.44. The Morgan fingerprint density at radius 1 is 1.52 bits per heavy atom. The van der Waals surface area contributed by atoms with Crippen molar-refractivity contribution in [1.82, 2.24) is 4.90 Å². The molecule has 1 aromatic rings. The van der Waals surface area contributed by atoms with Crippen LogP contribution in [0.3, 0.4) is 0 Å². The fourth-order valence-corrected chi connectivity index (χ4v) is 2.54. The minimum absolute atomic E-state index is 0.143. The van der Waals surface area contributed by atoms with Gasteiger partial charge in [0.05, 0.1) is 12.7 Å². The van der Waals surface area contributed by atoms with Gasteiger partial charge in [0.15, 0.2) is 0 Å². The van der Waals surface area contributed by atoms with Gasteiger partial charge in [-0.05, 0) is 36.1 Å². The summed E-state index contributed by atoms with van der Waals surface area (Å²) in [6.45, 7) is 0.297. The van der Waals surface area contributed by atoms with Gasteiger partial charge < -0.3 is 14.7 Å².